The molecule has 1 fully saturated rings. The van der Waals surface area contributed by atoms with Crippen LogP contribution >= 0.6 is 23.4 Å². The van der Waals surface area contributed by atoms with Crippen molar-refractivity contribution in [1.82, 2.24) is 14.7 Å². The van der Waals surface area contributed by atoms with Crippen molar-refractivity contribution >= 4 is 40.5 Å². The van der Waals surface area contributed by atoms with Crippen molar-refractivity contribution < 1.29 is 9.53 Å². The Balaban J connectivity index is 1.49. The molecular weight excluding hydrogens is 492 g/mol. The minimum Gasteiger partial charge on any atom is -0.492 e. The molecule has 2 aliphatic rings. The third-order valence-corrected chi connectivity index (χ3v) is 7.59. The highest BCUT2D eigenvalue weighted by Crippen LogP contribution is 2.36. The normalized spacial score (nSPS) is 19.1. The van der Waals surface area contributed by atoms with E-state index in [1.807, 2.05) is 65.5 Å². The smallest absolute Gasteiger partial charge is 0.286 e. The molecule has 3 aromatic rings. The van der Waals surface area contributed by atoms with Gasteiger partial charge in [-0.1, -0.05) is 43.6 Å². The maximum atomic E-state index is 12.9. The first kappa shape index (κ1) is 24.7. The van der Waals surface area contributed by atoms with E-state index in [0.29, 0.717) is 28.2 Å². The first-order chi connectivity index (χ1) is 17.5. The van der Waals surface area contributed by atoms with Crippen LogP contribution in [-0.2, 0) is 4.79 Å². The molecule has 2 aromatic carbocycles. The Morgan fingerprint density at radius 3 is 2.81 bits per heavy atom. The van der Waals surface area contributed by atoms with Gasteiger partial charge in [0.15, 0.2) is 5.17 Å². The summed E-state index contributed by atoms with van der Waals surface area (Å²) in [5.74, 6) is 1.06. The number of rotatable bonds is 6. The third kappa shape index (κ3) is 5.37. The van der Waals surface area contributed by atoms with E-state index in [9.17, 15) is 4.79 Å². The number of aliphatic imine (C=N–C) groups is 1. The highest BCUT2D eigenvalue weighted by molar-refractivity contribution is 8.18. The van der Waals surface area contributed by atoms with Crippen molar-refractivity contribution in [3.05, 3.63) is 70.2 Å². The molecule has 0 N–H and O–H groups in total. The first-order valence-electron chi connectivity index (χ1n) is 12.4. The van der Waals surface area contributed by atoms with E-state index in [1.54, 1.807) is 0 Å². The standard InChI is InChI=1S/C28H29ClN4O2S/c1-3-14-35-24-12-11-20(15-23(24)29)26-21(18-33(31-26)22-9-5-4-6-10-22)16-25-27(34)30-28(36-25)32-13-7-8-19(2)17-32/h4-6,9-12,15-16,18-19H,3,7-8,13-14,17H2,1-2H3. The molecule has 1 unspecified atom stereocenters. The van der Waals surface area contributed by atoms with Crippen LogP contribution < -0.4 is 4.74 Å². The summed E-state index contributed by atoms with van der Waals surface area (Å²) >= 11 is 7.99. The summed E-state index contributed by atoms with van der Waals surface area (Å²) in [4.78, 5) is 20.1. The summed E-state index contributed by atoms with van der Waals surface area (Å²) in [5.41, 5.74) is 3.36. The van der Waals surface area contributed by atoms with Gasteiger partial charge < -0.3 is 9.64 Å². The van der Waals surface area contributed by atoms with E-state index in [-0.39, 0.29) is 5.91 Å². The van der Waals surface area contributed by atoms with Crippen molar-refractivity contribution in [3.63, 3.8) is 0 Å². The van der Waals surface area contributed by atoms with Crippen molar-refractivity contribution in [2.45, 2.75) is 33.1 Å². The zero-order valence-electron chi connectivity index (χ0n) is 20.5. The average Bonchev–Trinajstić information content (AvgIpc) is 3.48. The van der Waals surface area contributed by atoms with Crippen LogP contribution in [0.15, 0.2) is 64.6 Å². The first-order valence-corrected chi connectivity index (χ1v) is 13.6. The minimum atomic E-state index is -0.201. The van der Waals surface area contributed by atoms with E-state index in [2.05, 4.69) is 23.7 Å². The molecule has 0 aliphatic carbocycles. The number of ether oxygens (including phenoxy) is 1. The maximum absolute atomic E-state index is 12.9. The number of para-hydroxylation sites is 1. The van der Waals surface area contributed by atoms with Gasteiger partial charge in [0.05, 0.1) is 22.2 Å². The second kappa shape index (κ2) is 10.9. The molecular formula is C28H29ClN4O2S. The zero-order chi connectivity index (χ0) is 25.1. The quantitative estimate of drug-likeness (QED) is 0.339. The number of amides is 1. The molecule has 0 saturated carbocycles. The number of aromatic nitrogens is 2. The molecule has 3 heterocycles. The Bertz CT molecular complexity index is 1320. The number of piperidine rings is 1. The number of carbonyl (C=O) groups is 1. The predicted molar refractivity (Wildman–Crippen MR) is 148 cm³/mol. The molecule has 36 heavy (non-hydrogen) atoms. The summed E-state index contributed by atoms with van der Waals surface area (Å²) in [6, 6.07) is 15.6. The van der Waals surface area contributed by atoms with Crippen LogP contribution in [-0.4, -0.2) is 45.5 Å². The molecule has 1 aromatic heterocycles. The van der Waals surface area contributed by atoms with Gasteiger partial charge in [-0.25, -0.2) is 4.68 Å². The summed E-state index contributed by atoms with van der Waals surface area (Å²) in [6.07, 6.45) is 7.10. The number of carbonyl (C=O) groups excluding carboxylic acids is 1. The number of likely N-dealkylation sites (tertiary alicyclic amines) is 1. The van der Waals surface area contributed by atoms with Gasteiger partial charge in [0.1, 0.15) is 11.4 Å². The van der Waals surface area contributed by atoms with E-state index < -0.39 is 0 Å². The third-order valence-electron chi connectivity index (χ3n) is 6.25. The van der Waals surface area contributed by atoms with Gasteiger partial charge in [0.25, 0.3) is 5.91 Å². The fourth-order valence-electron chi connectivity index (χ4n) is 4.45. The molecule has 0 radical (unpaired) electrons. The molecule has 5 rings (SSSR count). The van der Waals surface area contributed by atoms with Crippen LogP contribution in [0.5, 0.6) is 5.75 Å². The summed E-state index contributed by atoms with van der Waals surface area (Å²) < 4.78 is 7.57. The fourth-order valence-corrected chi connectivity index (χ4v) is 5.62. The lowest BCUT2D eigenvalue weighted by atomic mass is 10.0. The summed E-state index contributed by atoms with van der Waals surface area (Å²) in [6.45, 7) is 6.80. The highest BCUT2D eigenvalue weighted by Gasteiger charge is 2.29. The van der Waals surface area contributed by atoms with Gasteiger partial charge in [-0.05, 0) is 73.4 Å². The van der Waals surface area contributed by atoms with Crippen LogP contribution in [0.4, 0.5) is 0 Å². The van der Waals surface area contributed by atoms with Gasteiger partial charge in [-0.15, -0.1) is 0 Å². The highest BCUT2D eigenvalue weighted by atomic mass is 35.5. The molecule has 1 atom stereocenters. The van der Waals surface area contributed by atoms with Crippen molar-refractivity contribution in [3.8, 4) is 22.7 Å². The monoisotopic (exact) mass is 520 g/mol. The second-order valence-electron chi connectivity index (χ2n) is 9.21. The zero-order valence-corrected chi connectivity index (χ0v) is 22.1. The Hall–Kier alpha value is -3.03. The van der Waals surface area contributed by atoms with Crippen LogP contribution in [0, 0.1) is 5.92 Å². The van der Waals surface area contributed by atoms with E-state index in [4.69, 9.17) is 21.4 Å². The van der Waals surface area contributed by atoms with Gasteiger partial charge in [0.2, 0.25) is 0 Å². The molecule has 1 saturated heterocycles. The van der Waals surface area contributed by atoms with E-state index in [1.165, 1.54) is 18.2 Å². The Morgan fingerprint density at radius 2 is 2.06 bits per heavy atom. The maximum Gasteiger partial charge on any atom is 0.286 e. The van der Waals surface area contributed by atoms with Crippen LogP contribution in [0.3, 0.4) is 0 Å². The van der Waals surface area contributed by atoms with Crippen LogP contribution in [0.25, 0.3) is 23.0 Å². The lowest BCUT2D eigenvalue weighted by Gasteiger charge is -2.31. The van der Waals surface area contributed by atoms with E-state index in [0.717, 1.165) is 53.6 Å². The van der Waals surface area contributed by atoms with E-state index >= 15 is 0 Å². The molecule has 186 valence electrons. The number of halogens is 1. The Kier molecular flexibility index (Phi) is 7.48. The lowest BCUT2D eigenvalue weighted by Crippen LogP contribution is -2.37. The van der Waals surface area contributed by atoms with Crippen LogP contribution in [0.1, 0.15) is 38.7 Å². The second-order valence-corrected chi connectivity index (χ2v) is 10.6. The number of hydrogen-bond donors (Lipinski definition) is 0. The summed E-state index contributed by atoms with van der Waals surface area (Å²) in [7, 11) is 0. The minimum absolute atomic E-state index is 0.201. The molecule has 1 amide bonds. The van der Waals surface area contributed by atoms with Gasteiger partial charge >= 0.3 is 0 Å². The topological polar surface area (TPSA) is 59.7 Å². The van der Waals surface area contributed by atoms with Gasteiger partial charge in [-0.2, -0.15) is 10.1 Å². The Morgan fingerprint density at radius 1 is 1.22 bits per heavy atom. The number of nitrogens with zero attached hydrogens (tertiary/aromatic N) is 4. The van der Waals surface area contributed by atoms with Gasteiger partial charge in [-0.3, -0.25) is 4.79 Å². The number of thioether (sulfide) groups is 1. The largest absolute Gasteiger partial charge is 0.492 e. The number of hydrogen-bond acceptors (Lipinski definition) is 5. The molecule has 6 nitrogen and oxygen atoms in total. The molecule has 0 spiro atoms. The van der Waals surface area contributed by atoms with Crippen molar-refractivity contribution in [1.29, 1.82) is 0 Å². The number of benzene rings is 2. The van der Waals surface area contributed by atoms with Crippen molar-refractivity contribution in [2.24, 2.45) is 10.9 Å². The lowest BCUT2D eigenvalue weighted by molar-refractivity contribution is -0.113. The van der Waals surface area contributed by atoms with Crippen molar-refractivity contribution in [2.75, 3.05) is 19.7 Å². The molecule has 2 aliphatic heterocycles. The predicted octanol–water partition coefficient (Wildman–Crippen LogP) is 6.68. The molecule has 8 heteroatoms. The average molecular weight is 521 g/mol. The Labute approximate surface area is 221 Å². The summed E-state index contributed by atoms with van der Waals surface area (Å²) in [5, 5.41) is 6.21. The number of amidine groups is 1. The fraction of sp³-hybridized carbons (Fsp3) is 0.321. The van der Waals surface area contributed by atoms with Gasteiger partial charge in [0, 0.05) is 30.4 Å². The SMILES string of the molecule is CCCOc1ccc(-c2nn(-c3ccccc3)cc2C=C2SC(N3CCCC(C)C3)=NC2=O)cc1Cl. The van der Waals surface area contributed by atoms with Crippen LogP contribution in [0.2, 0.25) is 5.02 Å². The molecule has 0 bridgehead atoms.